The quantitative estimate of drug-likeness (QED) is 0.574. The summed E-state index contributed by atoms with van der Waals surface area (Å²) >= 11 is 0. The summed E-state index contributed by atoms with van der Waals surface area (Å²) in [6.45, 7) is 4.57. The molecule has 0 aliphatic heterocycles. The van der Waals surface area contributed by atoms with Gasteiger partial charge >= 0.3 is 5.97 Å². The number of carbonyl (C=O) groups is 1. The highest BCUT2D eigenvalue weighted by Crippen LogP contribution is 2.29. The van der Waals surface area contributed by atoms with Gasteiger partial charge in [-0.2, -0.15) is 0 Å². The van der Waals surface area contributed by atoms with Crippen LogP contribution in [0, 0.1) is 11.8 Å². The highest BCUT2D eigenvalue weighted by atomic mass is 16.5. The average molecular weight is 211 g/mol. The van der Waals surface area contributed by atoms with Crippen LogP contribution in [-0.4, -0.2) is 19.1 Å². The fourth-order valence-corrected chi connectivity index (χ4v) is 2.13. The number of carbonyl (C=O) groups excluding carboxylic acids is 1. The maximum Gasteiger partial charge on any atom is 0.331 e. The monoisotopic (exact) mass is 211 g/mol. The average Bonchev–Trinajstić information content (AvgIpc) is 2.24. The van der Waals surface area contributed by atoms with Crippen molar-refractivity contribution in [2.24, 2.45) is 11.8 Å². The molecule has 0 saturated heterocycles. The summed E-state index contributed by atoms with van der Waals surface area (Å²) in [4.78, 5) is 10.9. The molecule has 0 amide bonds. The van der Waals surface area contributed by atoms with Crippen molar-refractivity contribution in [3.63, 3.8) is 0 Å². The van der Waals surface area contributed by atoms with E-state index in [-0.39, 0.29) is 5.97 Å². The molecule has 1 aliphatic carbocycles. The number of rotatable bonds is 3. The Balaban J connectivity index is 2.37. The van der Waals surface area contributed by atoms with E-state index in [9.17, 15) is 4.79 Å². The summed E-state index contributed by atoms with van der Waals surface area (Å²) < 4.78 is 4.52. The van der Waals surface area contributed by atoms with Crippen LogP contribution in [0.3, 0.4) is 0 Å². The third-order valence-corrected chi connectivity index (χ3v) is 3.44. The zero-order chi connectivity index (χ0) is 11.3. The SMILES string of the molecule is COC(=O)/C=C/NC1CCCC(C)C1C. The van der Waals surface area contributed by atoms with Crippen LogP contribution < -0.4 is 5.32 Å². The highest BCUT2D eigenvalue weighted by molar-refractivity contribution is 5.81. The second kappa shape index (κ2) is 5.79. The van der Waals surface area contributed by atoms with Crippen LogP contribution in [0.15, 0.2) is 12.3 Å². The molecule has 0 aromatic heterocycles. The van der Waals surface area contributed by atoms with Crippen molar-refractivity contribution in [3.8, 4) is 0 Å². The van der Waals surface area contributed by atoms with E-state index >= 15 is 0 Å². The molecule has 3 nitrogen and oxygen atoms in total. The molecule has 0 heterocycles. The Morgan fingerprint density at radius 2 is 2.13 bits per heavy atom. The van der Waals surface area contributed by atoms with Crippen molar-refractivity contribution < 1.29 is 9.53 Å². The summed E-state index contributed by atoms with van der Waals surface area (Å²) in [5.74, 6) is 1.13. The Kier molecular flexibility index (Phi) is 4.66. The van der Waals surface area contributed by atoms with Crippen LogP contribution in [0.1, 0.15) is 33.1 Å². The van der Waals surface area contributed by atoms with Crippen LogP contribution >= 0.6 is 0 Å². The zero-order valence-electron chi connectivity index (χ0n) is 9.82. The highest BCUT2D eigenvalue weighted by Gasteiger charge is 2.25. The summed E-state index contributed by atoms with van der Waals surface area (Å²) in [5.41, 5.74) is 0. The van der Waals surface area contributed by atoms with Crippen LogP contribution in [-0.2, 0) is 9.53 Å². The van der Waals surface area contributed by atoms with E-state index in [0.29, 0.717) is 12.0 Å². The van der Waals surface area contributed by atoms with Gasteiger partial charge < -0.3 is 10.1 Å². The van der Waals surface area contributed by atoms with Crippen molar-refractivity contribution in [3.05, 3.63) is 12.3 Å². The van der Waals surface area contributed by atoms with Gasteiger partial charge in [-0.3, -0.25) is 0 Å². The van der Waals surface area contributed by atoms with Crippen LogP contribution in [0.25, 0.3) is 0 Å². The van der Waals surface area contributed by atoms with Gasteiger partial charge in [0.05, 0.1) is 7.11 Å². The van der Waals surface area contributed by atoms with Gasteiger partial charge in [0, 0.05) is 18.3 Å². The van der Waals surface area contributed by atoms with E-state index in [0.717, 1.165) is 5.92 Å². The second-order valence-electron chi connectivity index (χ2n) is 4.40. The van der Waals surface area contributed by atoms with Gasteiger partial charge in [0.25, 0.3) is 0 Å². The lowest BCUT2D eigenvalue weighted by Crippen LogP contribution is -2.38. The second-order valence-corrected chi connectivity index (χ2v) is 4.40. The van der Waals surface area contributed by atoms with Crippen LogP contribution in [0.2, 0.25) is 0 Å². The molecule has 3 atom stereocenters. The maximum atomic E-state index is 10.9. The Labute approximate surface area is 91.9 Å². The summed E-state index contributed by atoms with van der Waals surface area (Å²) in [7, 11) is 1.39. The van der Waals surface area contributed by atoms with Crippen molar-refractivity contribution in [2.75, 3.05) is 7.11 Å². The number of hydrogen-bond donors (Lipinski definition) is 1. The third kappa shape index (κ3) is 3.57. The van der Waals surface area contributed by atoms with E-state index in [1.54, 1.807) is 6.20 Å². The molecule has 0 aromatic carbocycles. The lowest BCUT2D eigenvalue weighted by molar-refractivity contribution is -0.134. The largest absolute Gasteiger partial charge is 0.466 e. The maximum absolute atomic E-state index is 10.9. The molecular formula is C12H21NO2. The Morgan fingerprint density at radius 3 is 2.80 bits per heavy atom. The minimum Gasteiger partial charge on any atom is -0.466 e. The third-order valence-electron chi connectivity index (χ3n) is 3.44. The number of ether oxygens (including phenoxy) is 1. The van der Waals surface area contributed by atoms with Crippen molar-refractivity contribution in [1.82, 2.24) is 5.32 Å². The minimum atomic E-state index is -0.306. The van der Waals surface area contributed by atoms with Gasteiger partial charge in [0.15, 0.2) is 0 Å². The number of methoxy groups -OCH3 is 1. The van der Waals surface area contributed by atoms with E-state index in [1.807, 2.05) is 0 Å². The molecule has 15 heavy (non-hydrogen) atoms. The van der Waals surface area contributed by atoms with Crippen LogP contribution in [0.5, 0.6) is 0 Å². The summed E-state index contributed by atoms with van der Waals surface area (Å²) in [6, 6.07) is 0.495. The van der Waals surface area contributed by atoms with Crippen LogP contribution in [0.4, 0.5) is 0 Å². The summed E-state index contributed by atoms with van der Waals surface area (Å²) in [5, 5.41) is 3.29. The number of nitrogens with one attached hydrogen (secondary N) is 1. The molecule has 3 heteroatoms. The van der Waals surface area contributed by atoms with Crippen molar-refractivity contribution >= 4 is 5.97 Å². The first-order valence-corrected chi connectivity index (χ1v) is 5.65. The number of hydrogen-bond acceptors (Lipinski definition) is 3. The Bertz CT molecular complexity index is 238. The predicted octanol–water partition coefficient (Wildman–Crippen LogP) is 2.09. The van der Waals surface area contributed by atoms with Gasteiger partial charge in [-0.1, -0.05) is 26.7 Å². The first-order chi connectivity index (χ1) is 7.15. The smallest absolute Gasteiger partial charge is 0.331 e. The molecule has 1 aliphatic rings. The minimum absolute atomic E-state index is 0.306. The molecule has 86 valence electrons. The molecule has 1 rings (SSSR count). The lowest BCUT2D eigenvalue weighted by atomic mass is 9.78. The van der Waals surface area contributed by atoms with Gasteiger partial charge in [-0.15, -0.1) is 0 Å². The molecule has 1 N–H and O–H groups in total. The molecule has 0 bridgehead atoms. The van der Waals surface area contributed by atoms with Gasteiger partial charge in [-0.05, 0) is 18.3 Å². The Hall–Kier alpha value is -0.990. The van der Waals surface area contributed by atoms with E-state index in [4.69, 9.17) is 0 Å². The molecule has 1 fully saturated rings. The number of esters is 1. The molecule has 0 spiro atoms. The first-order valence-electron chi connectivity index (χ1n) is 5.65. The normalized spacial score (nSPS) is 31.5. The fourth-order valence-electron chi connectivity index (χ4n) is 2.13. The van der Waals surface area contributed by atoms with Gasteiger partial charge in [0.1, 0.15) is 0 Å². The standard InChI is InChI=1S/C12H21NO2/c1-9-5-4-6-11(10(9)2)13-8-7-12(14)15-3/h7-11,13H,4-6H2,1-3H3/b8-7+. The topological polar surface area (TPSA) is 38.3 Å². The van der Waals surface area contributed by atoms with Crippen molar-refractivity contribution in [1.29, 1.82) is 0 Å². The molecule has 3 unspecified atom stereocenters. The van der Waals surface area contributed by atoms with E-state index in [2.05, 4.69) is 23.9 Å². The molecule has 1 saturated carbocycles. The van der Waals surface area contributed by atoms with Crippen molar-refractivity contribution in [2.45, 2.75) is 39.2 Å². The molecule has 0 aromatic rings. The van der Waals surface area contributed by atoms with Gasteiger partial charge in [0.2, 0.25) is 0 Å². The summed E-state index contributed by atoms with van der Waals surface area (Å²) in [6.07, 6.45) is 6.93. The fraction of sp³-hybridized carbons (Fsp3) is 0.750. The zero-order valence-corrected chi connectivity index (χ0v) is 9.82. The Morgan fingerprint density at radius 1 is 1.40 bits per heavy atom. The van der Waals surface area contributed by atoms with Gasteiger partial charge in [-0.25, -0.2) is 4.79 Å². The molecular weight excluding hydrogens is 190 g/mol. The molecule has 0 radical (unpaired) electrons. The lowest BCUT2D eigenvalue weighted by Gasteiger charge is -2.34. The van der Waals surface area contributed by atoms with E-state index < -0.39 is 0 Å². The van der Waals surface area contributed by atoms with E-state index in [1.165, 1.54) is 32.4 Å². The predicted molar refractivity (Wildman–Crippen MR) is 60.3 cm³/mol. The first kappa shape index (κ1) is 12.1.